The third-order valence-electron chi connectivity index (χ3n) is 0.894. The topological polar surface area (TPSA) is 43.4 Å². The van der Waals surface area contributed by atoms with E-state index in [9.17, 15) is 8.42 Å². The summed E-state index contributed by atoms with van der Waals surface area (Å²) in [5.41, 5.74) is 0. The Labute approximate surface area is 74.2 Å². The molecule has 12 heavy (non-hydrogen) atoms. The molecular formula is C8H14O3S. The molecule has 4 heteroatoms. The van der Waals surface area contributed by atoms with Gasteiger partial charge in [-0.1, -0.05) is 25.7 Å². The molecule has 0 spiro atoms. The molecule has 0 heterocycles. The number of hydrogen-bond donors (Lipinski definition) is 0. The van der Waals surface area contributed by atoms with Gasteiger partial charge in [-0.05, 0) is 6.92 Å². The summed E-state index contributed by atoms with van der Waals surface area (Å²) in [6.45, 7) is 5.47. The first-order chi connectivity index (χ1) is 5.31. The lowest BCUT2D eigenvalue weighted by Crippen LogP contribution is -2.11. The monoisotopic (exact) mass is 190 g/mol. The zero-order chi connectivity index (χ0) is 9.78. The van der Waals surface area contributed by atoms with Gasteiger partial charge in [0.2, 0.25) is 0 Å². The summed E-state index contributed by atoms with van der Waals surface area (Å²) in [6, 6.07) is 0. The van der Waals surface area contributed by atoms with Gasteiger partial charge >= 0.3 is 0 Å². The van der Waals surface area contributed by atoms with Crippen LogP contribution in [-0.2, 0) is 14.3 Å². The van der Waals surface area contributed by atoms with E-state index in [1.54, 1.807) is 6.92 Å². The first-order valence-corrected chi connectivity index (χ1v) is 5.52. The van der Waals surface area contributed by atoms with E-state index >= 15 is 0 Å². The Balaban J connectivity index is 4.11. The second kappa shape index (κ2) is 4.48. The first kappa shape index (κ1) is 11.5. The Hall–Kier alpha value is -0.530. The second-order valence-electron chi connectivity index (χ2n) is 2.89. The van der Waals surface area contributed by atoms with Crippen molar-refractivity contribution in [3.63, 3.8) is 0 Å². The average Bonchev–Trinajstić information content (AvgIpc) is 1.79. The summed E-state index contributed by atoms with van der Waals surface area (Å²) >= 11 is 0. The largest absolute Gasteiger partial charge is 0.265 e. The van der Waals surface area contributed by atoms with Gasteiger partial charge < -0.3 is 0 Å². The van der Waals surface area contributed by atoms with Crippen molar-refractivity contribution in [1.29, 1.82) is 0 Å². The molecule has 0 aliphatic rings. The molecule has 0 radical (unpaired) electrons. The van der Waals surface area contributed by atoms with Gasteiger partial charge in [-0.15, -0.1) is 0 Å². The molecule has 70 valence electrons. The predicted octanol–water partition coefficient (Wildman–Crippen LogP) is 1.01. The van der Waals surface area contributed by atoms with Gasteiger partial charge in [0.05, 0.1) is 6.26 Å². The van der Waals surface area contributed by atoms with Crippen LogP contribution in [0.1, 0.15) is 20.8 Å². The molecule has 0 fully saturated rings. The highest BCUT2D eigenvalue weighted by atomic mass is 32.2. The Morgan fingerprint density at radius 1 is 1.17 bits per heavy atom. The van der Waals surface area contributed by atoms with Gasteiger partial charge in [-0.3, -0.25) is 4.18 Å². The molecule has 0 saturated carbocycles. The standard InChI is InChI=1S/C8H14O3S/c1-7(2)5-6-8(3)11-12(4,9)10/h7-8H,1-4H3. The zero-order valence-electron chi connectivity index (χ0n) is 7.79. The van der Waals surface area contributed by atoms with Crippen molar-refractivity contribution in [3.05, 3.63) is 0 Å². The average molecular weight is 190 g/mol. The van der Waals surface area contributed by atoms with Crippen LogP contribution < -0.4 is 0 Å². The summed E-state index contributed by atoms with van der Waals surface area (Å²) in [5.74, 6) is 5.75. The third kappa shape index (κ3) is 7.58. The summed E-state index contributed by atoms with van der Waals surface area (Å²) in [5, 5.41) is 0. The van der Waals surface area contributed by atoms with Crippen LogP contribution in [0.15, 0.2) is 0 Å². The fourth-order valence-electron chi connectivity index (χ4n) is 0.570. The van der Waals surface area contributed by atoms with Gasteiger partial charge in [0.25, 0.3) is 10.1 Å². The normalized spacial score (nSPS) is 13.8. The molecule has 0 aliphatic heterocycles. The number of rotatable bonds is 2. The molecule has 0 amide bonds. The van der Waals surface area contributed by atoms with E-state index in [1.807, 2.05) is 13.8 Å². The quantitative estimate of drug-likeness (QED) is 0.482. The fourth-order valence-corrected chi connectivity index (χ4v) is 1.14. The molecule has 0 aromatic heterocycles. The van der Waals surface area contributed by atoms with Crippen LogP contribution >= 0.6 is 0 Å². The molecule has 0 aromatic rings. The van der Waals surface area contributed by atoms with E-state index in [-0.39, 0.29) is 5.92 Å². The summed E-state index contributed by atoms with van der Waals surface area (Å²) in [7, 11) is -3.37. The van der Waals surface area contributed by atoms with Gasteiger partial charge in [0.15, 0.2) is 0 Å². The third-order valence-corrected chi connectivity index (χ3v) is 1.53. The Morgan fingerprint density at radius 3 is 2.00 bits per heavy atom. The highest BCUT2D eigenvalue weighted by molar-refractivity contribution is 7.86. The summed E-state index contributed by atoms with van der Waals surface area (Å²) in [6.07, 6.45) is 0.461. The number of hydrogen-bond acceptors (Lipinski definition) is 3. The second-order valence-corrected chi connectivity index (χ2v) is 4.49. The van der Waals surface area contributed by atoms with E-state index in [0.717, 1.165) is 6.26 Å². The van der Waals surface area contributed by atoms with Crippen molar-refractivity contribution < 1.29 is 12.6 Å². The molecule has 1 unspecified atom stereocenters. The maximum absolute atomic E-state index is 10.6. The molecule has 0 aliphatic carbocycles. The van der Waals surface area contributed by atoms with Crippen LogP contribution in [0.25, 0.3) is 0 Å². The minimum atomic E-state index is -3.37. The van der Waals surface area contributed by atoms with E-state index < -0.39 is 16.2 Å². The first-order valence-electron chi connectivity index (χ1n) is 3.70. The minimum absolute atomic E-state index is 0.232. The zero-order valence-corrected chi connectivity index (χ0v) is 8.60. The maximum Gasteiger partial charge on any atom is 0.265 e. The molecule has 0 bridgehead atoms. The van der Waals surface area contributed by atoms with Crippen molar-refractivity contribution in [2.24, 2.45) is 5.92 Å². The minimum Gasteiger partial charge on any atom is -0.254 e. The Bertz CT molecular complexity index is 279. The SMILES string of the molecule is CC(C)C#CC(C)OS(C)(=O)=O. The van der Waals surface area contributed by atoms with Crippen LogP contribution in [-0.4, -0.2) is 20.8 Å². The fraction of sp³-hybridized carbons (Fsp3) is 0.750. The van der Waals surface area contributed by atoms with Gasteiger partial charge in [0.1, 0.15) is 6.10 Å². The molecule has 0 N–H and O–H groups in total. The molecule has 0 saturated heterocycles. The van der Waals surface area contributed by atoms with Crippen LogP contribution in [0.3, 0.4) is 0 Å². The van der Waals surface area contributed by atoms with E-state index in [0.29, 0.717) is 0 Å². The van der Waals surface area contributed by atoms with Crippen molar-refractivity contribution in [3.8, 4) is 11.8 Å². The lowest BCUT2D eigenvalue weighted by molar-refractivity contribution is 0.286. The van der Waals surface area contributed by atoms with E-state index in [4.69, 9.17) is 0 Å². The molecular weight excluding hydrogens is 176 g/mol. The highest BCUT2D eigenvalue weighted by Crippen LogP contribution is 1.96. The summed E-state index contributed by atoms with van der Waals surface area (Å²) in [4.78, 5) is 0. The van der Waals surface area contributed by atoms with E-state index in [2.05, 4.69) is 16.0 Å². The molecule has 0 rings (SSSR count). The van der Waals surface area contributed by atoms with Crippen LogP contribution in [0, 0.1) is 17.8 Å². The van der Waals surface area contributed by atoms with Crippen molar-refractivity contribution in [2.75, 3.05) is 6.26 Å². The Kier molecular flexibility index (Phi) is 4.29. The van der Waals surface area contributed by atoms with Crippen molar-refractivity contribution >= 4 is 10.1 Å². The lowest BCUT2D eigenvalue weighted by Gasteiger charge is -2.02. The van der Waals surface area contributed by atoms with Gasteiger partial charge in [0, 0.05) is 5.92 Å². The van der Waals surface area contributed by atoms with Crippen LogP contribution in [0.5, 0.6) is 0 Å². The maximum atomic E-state index is 10.6. The van der Waals surface area contributed by atoms with Crippen molar-refractivity contribution in [1.82, 2.24) is 0 Å². The van der Waals surface area contributed by atoms with Gasteiger partial charge in [-0.25, -0.2) is 0 Å². The van der Waals surface area contributed by atoms with Gasteiger partial charge in [-0.2, -0.15) is 8.42 Å². The lowest BCUT2D eigenvalue weighted by atomic mass is 10.2. The van der Waals surface area contributed by atoms with Crippen molar-refractivity contribution in [2.45, 2.75) is 26.9 Å². The van der Waals surface area contributed by atoms with Crippen LogP contribution in [0.4, 0.5) is 0 Å². The molecule has 3 nitrogen and oxygen atoms in total. The predicted molar refractivity (Wildman–Crippen MR) is 48.0 cm³/mol. The van der Waals surface area contributed by atoms with Crippen LogP contribution in [0.2, 0.25) is 0 Å². The van der Waals surface area contributed by atoms with E-state index in [1.165, 1.54) is 0 Å². The smallest absolute Gasteiger partial charge is 0.254 e. The molecule has 0 aromatic carbocycles. The molecule has 1 atom stereocenters. The summed E-state index contributed by atoms with van der Waals surface area (Å²) < 4.78 is 25.8. The Morgan fingerprint density at radius 2 is 1.67 bits per heavy atom. The highest BCUT2D eigenvalue weighted by Gasteiger charge is 2.06.